The molecule has 0 fully saturated rings. The van der Waals surface area contributed by atoms with Crippen molar-refractivity contribution < 1.29 is 9.84 Å². The minimum Gasteiger partial charge on any atom is -0.489 e. The zero-order chi connectivity index (χ0) is 12.1. The molecule has 1 rings (SSSR count). The fraction of sp³-hybridized carbons (Fsp3) is 0.385. The van der Waals surface area contributed by atoms with E-state index < -0.39 is 6.10 Å². The lowest BCUT2D eigenvalue weighted by Gasteiger charge is -2.11. The van der Waals surface area contributed by atoms with E-state index in [1.165, 1.54) is 5.54 Å². The fourth-order valence-corrected chi connectivity index (χ4v) is 1.38. The van der Waals surface area contributed by atoms with Crippen molar-refractivity contribution in [3.8, 4) is 5.75 Å². The molecule has 16 heavy (non-hydrogen) atoms. The highest BCUT2D eigenvalue weighted by Crippen LogP contribution is 2.23. The van der Waals surface area contributed by atoms with Gasteiger partial charge >= 0.3 is 0 Å². The van der Waals surface area contributed by atoms with Crippen LogP contribution >= 0.6 is 11.6 Å². The Hall–Kier alpha value is -0.990. The molecule has 0 saturated carbocycles. The van der Waals surface area contributed by atoms with Crippen LogP contribution in [0.4, 0.5) is 0 Å². The maximum atomic E-state index is 9.43. The largest absolute Gasteiger partial charge is 0.489 e. The lowest BCUT2D eigenvalue weighted by Crippen LogP contribution is -2.00. The number of aryl methyl sites for hydroxylation is 1. The van der Waals surface area contributed by atoms with Gasteiger partial charge in [0, 0.05) is 5.54 Å². The van der Waals surface area contributed by atoms with E-state index in [9.17, 15) is 5.11 Å². The molecule has 1 aromatic carbocycles. The predicted molar refractivity (Wildman–Crippen MR) is 66.9 cm³/mol. The Morgan fingerprint density at radius 1 is 1.56 bits per heavy atom. The molecule has 0 aliphatic rings. The van der Waals surface area contributed by atoms with Crippen molar-refractivity contribution in [2.24, 2.45) is 0 Å². The summed E-state index contributed by atoms with van der Waals surface area (Å²) < 4.78 is 5.59. The minimum absolute atomic E-state index is 0.447. The van der Waals surface area contributed by atoms with Crippen molar-refractivity contribution in [2.75, 3.05) is 6.61 Å². The first-order valence-electron chi connectivity index (χ1n) is 5.22. The van der Waals surface area contributed by atoms with E-state index in [-0.39, 0.29) is 0 Å². The van der Waals surface area contributed by atoms with Gasteiger partial charge in [0.25, 0.3) is 0 Å². The van der Waals surface area contributed by atoms with Crippen molar-refractivity contribution >= 4 is 11.6 Å². The summed E-state index contributed by atoms with van der Waals surface area (Å²) in [5.41, 5.74) is 4.40. The molecule has 1 N–H and O–H groups in total. The molecule has 3 heteroatoms. The Kier molecular flexibility index (Phi) is 4.84. The van der Waals surface area contributed by atoms with E-state index in [0.717, 1.165) is 22.4 Å². The lowest BCUT2D eigenvalue weighted by atomic mass is 10.1. The van der Waals surface area contributed by atoms with Gasteiger partial charge < -0.3 is 9.84 Å². The normalized spacial score (nSPS) is 13.7. The van der Waals surface area contributed by atoms with Crippen LogP contribution in [0, 0.1) is 6.92 Å². The van der Waals surface area contributed by atoms with Gasteiger partial charge in [0.1, 0.15) is 12.4 Å². The third-order valence-corrected chi connectivity index (χ3v) is 2.70. The van der Waals surface area contributed by atoms with Crippen LogP contribution in [0.25, 0.3) is 0 Å². The van der Waals surface area contributed by atoms with Gasteiger partial charge in [0.05, 0.1) is 6.10 Å². The smallest absolute Gasteiger partial charge is 0.122 e. The summed E-state index contributed by atoms with van der Waals surface area (Å²) in [6.07, 6.45) is -0.447. The molecule has 0 aliphatic heterocycles. The number of ether oxygens (including phenoxy) is 1. The number of benzene rings is 1. The molecular formula is C13H17ClO2. The van der Waals surface area contributed by atoms with Gasteiger partial charge in [-0.25, -0.2) is 0 Å². The quantitative estimate of drug-likeness (QED) is 0.872. The molecule has 0 spiro atoms. The number of rotatable bonds is 4. The van der Waals surface area contributed by atoms with E-state index in [1.54, 1.807) is 6.92 Å². The summed E-state index contributed by atoms with van der Waals surface area (Å²) in [6, 6.07) is 5.67. The van der Waals surface area contributed by atoms with Crippen molar-refractivity contribution in [3.05, 3.63) is 40.4 Å². The van der Waals surface area contributed by atoms with Crippen LogP contribution < -0.4 is 4.74 Å². The van der Waals surface area contributed by atoms with E-state index in [1.807, 2.05) is 32.0 Å². The summed E-state index contributed by atoms with van der Waals surface area (Å²) in [5.74, 6) is 0.822. The van der Waals surface area contributed by atoms with Crippen molar-refractivity contribution in [2.45, 2.75) is 26.9 Å². The van der Waals surface area contributed by atoms with Gasteiger partial charge in [-0.3, -0.25) is 0 Å². The van der Waals surface area contributed by atoms with Crippen molar-refractivity contribution in [1.29, 1.82) is 0 Å². The van der Waals surface area contributed by atoms with Gasteiger partial charge in [-0.2, -0.15) is 0 Å². The molecule has 0 radical (unpaired) electrons. The maximum Gasteiger partial charge on any atom is 0.122 e. The topological polar surface area (TPSA) is 29.5 Å². The average Bonchev–Trinajstić information content (AvgIpc) is 2.26. The zero-order valence-electron chi connectivity index (χ0n) is 9.83. The van der Waals surface area contributed by atoms with Crippen LogP contribution in [0.15, 0.2) is 29.3 Å². The van der Waals surface area contributed by atoms with Crippen molar-refractivity contribution in [1.82, 2.24) is 0 Å². The van der Waals surface area contributed by atoms with E-state index >= 15 is 0 Å². The number of hydrogen-bond acceptors (Lipinski definition) is 2. The van der Waals surface area contributed by atoms with E-state index in [2.05, 4.69) is 0 Å². The summed E-state index contributed by atoms with van der Waals surface area (Å²) >= 11 is 5.55. The van der Waals surface area contributed by atoms with Gasteiger partial charge in [0.15, 0.2) is 0 Å². The Morgan fingerprint density at radius 3 is 2.75 bits per heavy atom. The molecule has 0 aromatic heterocycles. The average molecular weight is 241 g/mol. The zero-order valence-corrected chi connectivity index (χ0v) is 10.6. The van der Waals surface area contributed by atoms with Crippen LogP contribution in [0.5, 0.6) is 5.75 Å². The third kappa shape index (κ3) is 3.54. The minimum atomic E-state index is -0.447. The number of hydrogen-bond donors (Lipinski definition) is 1. The molecule has 2 nitrogen and oxygen atoms in total. The second-order valence-electron chi connectivity index (χ2n) is 3.95. The molecule has 0 heterocycles. The van der Waals surface area contributed by atoms with Crippen LogP contribution in [-0.4, -0.2) is 11.7 Å². The monoisotopic (exact) mass is 240 g/mol. The predicted octanol–water partition coefficient (Wildman–Crippen LogP) is 3.57. The molecule has 0 unspecified atom stereocenters. The van der Waals surface area contributed by atoms with Gasteiger partial charge in [-0.1, -0.05) is 17.7 Å². The van der Waals surface area contributed by atoms with Gasteiger partial charge in [-0.05, 0) is 49.6 Å². The van der Waals surface area contributed by atoms with Crippen LogP contribution in [0.3, 0.4) is 0 Å². The van der Waals surface area contributed by atoms with Crippen LogP contribution in [0.2, 0.25) is 0 Å². The Balaban J connectivity index is 2.75. The molecule has 0 amide bonds. The van der Waals surface area contributed by atoms with Crippen molar-refractivity contribution in [3.63, 3.8) is 0 Å². The third-order valence-electron chi connectivity index (χ3n) is 2.32. The van der Waals surface area contributed by atoms with Crippen LogP contribution in [0.1, 0.15) is 31.1 Å². The standard InChI is InChI=1S/C13H17ClO2/c1-9(7-14)8-16-13-5-4-12(11(3)15)6-10(13)2/h4-7,11,15H,8H2,1-3H3/b9-7+/t11-/m0/s1. The highest BCUT2D eigenvalue weighted by atomic mass is 35.5. The molecule has 1 atom stereocenters. The maximum absolute atomic E-state index is 9.43. The second kappa shape index (κ2) is 5.92. The summed E-state index contributed by atoms with van der Waals surface area (Å²) in [5, 5.41) is 9.43. The lowest BCUT2D eigenvalue weighted by molar-refractivity contribution is 0.199. The first-order chi connectivity index (χ1) is 7.54. The summed E-state index contributed by atoms with van der Waals surface area (Å²) in [4.78, 5) is 0. The second-order valence-corrected chi connectivity index (χ2v) is 4.16. The highest BCUT2D eigenvalue weighted by Gasteiger charge is 2.05. The molecule has 0 saturated heterocycles. The van der Waals surface area contributed by atoms with E-state index in [4.69, 9.17) is 16.3 Å². The first kappa shape index (κ1) is 13.1. The molecule has 88 valence electrons. The van der Waals surface area contributed by atoms with Gasteiger partial charge in [0.2, 0.25) is 0 Å². The van der Waals surface area contributed by atoms with Crippen LogP contribution in [-0.2, 0) is 0 Å². The SMILES string of the molecule is C/C(=C\Cl)COc1ccc([C@H](C)O)cc1C. The molecular weight excluding hydrogens is 224 g/mol. The number of aliphatic hydroxyl groups excluding tert-OH is 1. The molecule has 1 aromatic rings. The Morgan fingerprint density at radius 2 is 2.25 bits per heavy atom. The van der Waals surface area contributed by atoms with E-state index in [0.29, 0.717) is 6.61 Å². The molecule has 0 bridgehead atoms. The highest BCUT2D eigenvalue weighted by molar-refractivity contribution is 6.25. The fourth-order valence-electron chi connectivity index (χ4n) is 1.32. The molecule has 0 aliphatic carbocycles. The summed E-state index contributed by atoms with van der Waals surface area (Å²) in [6.45, 7) is 6.10. The number of halogens is 1. The summed E-state index contributed by atoms with van der Waals surface area (Å²) in [7, 11) is 0. The van der Waals surface area contributed by atoms with Gasteiger partial charge in [-0.15, -0.1) is 0 Å². The Labute approximate surface area is 102 Å². The Bertz CT molecular complexity index is 384. The first-order valence-corrected chi connectivity index (χ1v) is 5.65. The number of aliphatic hydroxyl groups is 1.